The Bertz CT molecular complexity index is 535. The van der Waals surface area contributed by atoms with Crippen molar-refractivity contribution in [2.45, 2.75) is 24.8 Å². The van der Waals surface area contributed by atoms with Gasteiger partial charge in [-0.15, -0.1) is 12.4 Å². The number of hydrogen-bond donors (Lipinski definition) is 2. The largest absolute Gasteiger partial charge is 0.350 e. The lowest BCUT2D eigenvalue weighted by atomic mass is 9.78. The first-order chi connectivity index (χ1) is 8.91. The minimum Gasteiger partial charge on any atom is -0.350 e. The van der Waals surface area contributed by atoms with Crippen LogP contribution in [0.3, 0.4) is 0 Å². The number of carbonyl (C=O) groups is 1. The van der Waals surface area contributed by atoms with E-state index >= 15 is 0 Å². The number of rotatable bonds is 4. The number of nitro benzene ring substituents is 1. The summed E-state index contributed by atoms with van der Waals surface area (Å²) >= 11 is 0. The van der Waals surface area contributed by atoms with Gasteiger partial charge in [0, 0.05) is 12.1 Å². The van der Waals surface area contributed by atoms with Crippen LogP contribution < -0.4 is 11.1 Å². The van der Waals surface area contributed by atoms with Crippen LogP contribution in [0.25, 0.3) is 0 Å². The lowest BCUT2D eigenvalue weighted by Crippen LogP contribution is -2.54. The lowest BCUT2D eigenvalue weighted by Gasteiger charge is -2.38. The smallest absolute Gasteiger partial charge is 0.285 e. The third-order valence-corrected chi connectivity index (χ3v) is 3.35. The number of halogens is 2. The van der Waals surface area contributed by atoms with Gasteiger partial charge in [-0.3, -0.25) is 14.9 Å². The summed E-state index contributed by atoms with van der Waals surface area (Å²) in [4.78, 5) is 21.9. The standard InChI is InChI=1S/C12H14FN3O3.ClH/c13-8-2-3-9(10(6-8)16(18)19)11(17)15-7-12(14)4-1-5-12;/h2-3,6H,1,4-5,7,14H2,(H,15,17);1H. The van der Waals surface area contributed by atoms with Gasteiger partial charge >= 0.3 is 0 Å². The van der Waals surface area contributed by atoms with E-state index in [0.717, 1.165) is 37.5 Å². The van der Waals surface area contributed by atoms with Crippen molar-refractivity contribution in [2.75, 3.05) is 6.54 Å². The molecule has 1 aliphatic rings. The van der Waals surface area contributed by atoms with Gasteiger partial charge in [0.25, 0.3) is 11.6 Å². The maximum absolute atomic E-state index is 13.0. The normalized spacial score (nSPS) is 15.7. The highest BCUT2D eigenvalue weighted by atomic mass is 35.5. The van der Waals surface area contributed by atoms with Gasteiger partial charge in [0.2, 0.25) is 0 Å². The van der Waals surface area contributed by atoms with Gasteiger partial charge in [-0.1, -0.05) is 0 Å². The van der Waals surface area contributed by atoms with E-state index in [1.54, 1.807) is 0 Å². The zero-order valence-corrected chi connectivity index (χ0v) is 11.4. The molecular weight excluding hydrogens is 289 g/mol. The highest BCUT2D eigenvalue weighted by Crippen LogP contribution is 2.28. The van der Waals surface area contributed by atoms with Crippen LogP contribution in [0.5, 0.6) is 0 Å². The van der Waals surface area contributed by atoms with Crippen molar-refractivity contribution >= 4 is 24.0 Å². The molecule has 1 aromatic rings. The first-order valence-corrected chi connectivity index (χ1v) is 5.92. The SMILES string of the molecule is Cl.NC1(CNC(=O)c2ccc(F)cc2[N+](=O)[O-])CCC1. The van der Waals surface area contributed by atoms with Gasteiger partial charge in [0.05, 0.1) is 11.0 Å². The second-order valence-corrected chi connectivity index (χ2v) is 4.82. The highest BCUT2D eigenvalue weighted by Gasteiger charge is 2.33. The number of benzene rings is 1. The molecule has 20 heavy (non-hydrogen) atoms. The van der Waals surface area contributed by atoms with Crippen molar-refractivity contribution in [3.05, 3.63) is 39.7 Å². The minimum absolute atomic E-state index is 0. The summed E-state index contributed by atoms with van der Waals surface area (Å²) in [5, 5.41) is 13.3. The molecular formula is C12H15ClFN3O3. The lowest BCUT2D eigenvalue weighted by molar-refractivity contribution is -0.385. The van der Waals surface area contributed by atoms with Crippen LogP contribution in [0, 0.1) is 15.9 Å². The van der Waals surface area contributed by atoms with Crippen molar-refractivity contribution in [3.8, 4) is 0 Å². The van der Waals surface area contributed by atoms with Gasteiger partial charge in [0.15, 0.2) is 0 Å². The van der Waals surface area contributed by atoms with E-state index in [1.807, 2.05) is 0 Å². The fourth-order valence-corrected chi connectivity index (χ4v) is 2.01. The predicted octanol–water partition coefficient (Wildman–Crippen LogP) is 1.77. The number of nitrogens with one attached hydrogen (secondary N) is 1. The van der Waals surface area contributed by atoms with E-state index in [0.29, 0.717) is 0 Å². The second kappa shape index (κ2) is 6.15. The van der Waals surface area contributed by atoms with E-state index in [1.165, 1.54) is 0 Å². The Labute approximate surface area is 121 Å². The Kier molecular flexibility index (Phi) is 5.02. The molecule has 1 amide bonds. The monoisotopic (exact) mass is 303 g/mol. The molecule has 0 aliphatic heterocycles. The molecule has 0 spiro atoms. The Morgan fingerprint density at radius 2 is 2.15 bits per heavy atom. The molecule has 0 radical (unpaired) electrons. The number of hydrogen-bond acceptors (Lipinski definition) is 4. The maximum atomic E-state index is 13.0. The predicted molar refractivity (Wildman–Crippen MR) is 73.4 cm³/mol. The molecule has 0 bridgehead atoms. The van der Waals surface area contributed by atoms with Crippen molar-refractivity contribution in [2.24, 2.45) is 5.73 Å². The summed E-state index contributed by atoms with van der Waals surface area (Å²) in [6.45, 7) is 0.264. The van der Waals surface area contributed by atoms with Crippen LogP contribution in [0.2, 0.25) is 0 Å². The summed E-state index contributed by atoms with van der Waals surface area (Å²) < 4.78 is 13.0. The van der Waals surface area contributed by atoms with Crippen LogP contribution in [-0.2, 0) is 0 Å². The number of nitrogens with two attached hydrogens (primary N) is 1. The number of nitrogens with zero attached hydrogens (tertiary/aromatic N) is 1. The molecule has 1 saturated carbocycles. The van der Waals surface area contributed by atoms with Crippen molar-refractivity contribution in [3.63, 3.8) is 0 Å². The highest BCUT2D eigenvalue weighted by molar-refractivity contribution is 5.98. The Morgan fingerprint density at radius 1 is 1.50 bits per heavy atom. The summed E-state index contributed by atoms with van der Waals surface area (Å²) in [5.74, 6) is -1.36. The minimum atomic E-state index is -0.778. The molecule has 0 atom stereocenters. The molecule has 0 aromatic heterocycles. The van der Waals surface area contributed by atoms with E-state index in [-0.39, 0.29) is 24.5 Å². The molecule has 2 rings (SSSR count). The molecule has 3 N–H and O–H groups in total. The van der Waals surface area contributed by atoms with Crippen LogP contribution in [0.1, 0.15) is 29.6 Å². The van der Waals surface area contributed by atoms with Gasteiger partial charge in [-0.2, -0.15) is 0 Å². The average molecular weight is 304 g/mol. The zero-order chi connectivity index (χ0) is 14.0. The molecule has 0 saturated heterocycles. The first-order valence-electron chi connectivity index (χ1n) is 5.92. The second-order valence-electron chi connectivity index (χ2n) is 4.82. The summed E-state index contributed by atoms with van der Waals surface area (Å²) in [6.07, 6.45) is 2.65. The van der Waals surface area contributed by atoms with Crippen LogP contribution in [0.15, 0.2) is 18.2 Å². The molecule has 1 aliphatic carbocycles. The maximum Gasteiger partial charge on any atom is 0.285 e. The van der Waals surface area contributed by atoms with Crippen LogP contribution in [0.4, 0.5) is 10.1 Å². The average Bonchev–Trinajstić information content (AvgIpc) is 2.33. The molecule has 110 valence electrons. The molecule has 1 fully saturated rings. The third-order valence-electron chi connectivity index (χ3n) is 3.35. The van der Waals surface area contributed by atoms with Crippen LogP contribution in [-0.4, -0.2) is 22.9 Å². The number of amides is 1. The van der Waals surface area contributed by atoms with Crippen molar-refractivity contribution < 1.29 is 14.1 Å². The van der Waals surface area contributed by atoms with Crippen molar-refractivity contribution in [1.82, 2.24) is 5.32 Å². The van der Waals surface area contributed by atoms with E-state index in [9.17, 15) is 19.3 Å². The van der Waals surface area contributed by atoms with Gasteiger partial charge < -0.3 is 11.1 Å². The first kappa shape index (κ1) is 16.3. The van der Waals surface area contributed by atoms with E-state index in [2.05, 4.69) is 5.32 Å². The van der Waals surface area contributed by atoms with Gasteiger partial charge in [-0.25, -0.2) is 4.39 Å². The third kappa shape index (κ3) is 3.43. The Morgan fingerprint density at radius 3 is 2.65 bits per heavy atom. The van der Waals surface area contributed by atoms with E-state index in [4.69, 9.17) is 5.73 Å². The summed E-state index contributed by atoms with van der Waals surface area (Å²) in [5.41, 5.74) is 4.83. The van der Waals surface area contributed by atoms with Gasteiger partial charge in [-0.05, 0) is 31.4 Å². The molecule has 0 unspecified atom stereocenters. The Hall–Kier alpha value is -1.73. The molecule has 0 heterocycles. The zero-order valence-electron chi connectivity index (χ0n) is 10.6. The quantitative estimate of drug-likeness (QED) is 0.654. The molecule has 1 aromatic carbocycles. The molecule has 6 nitrogen and oxygen atoms in total. The van der Waals surface area contributed by atoms with E-state index < -0.39 is 27.9 Å². The fraction of sp³-hybridized carbons (Fsp3) is 0.417. The molecule has 8 heteroatoms. The fourth-order valence-electron chi connectivity index (χ4n) is 2.01. The van der Waals surface area contributed by atoms with Gasteiger partial charge in [0.1, 0.15) is 11.4 Å². The van der Waals surface area contributed by atoms with Crippen LogP contribution >= 0.6 is 12.4 Å². The number of carbonyl (C=O) groups excluding carboxylic acids is 1. The summed E-state index contributed by atoms with van der Waals surface area (Å²) in [6, 6.07) is 2.85. The van der Waals surface area contributed by atoms with Crippen molar-refractivity contribution in [1.29, 1.82) is 0 Å². The number of nitro groups is 1. The topological polar surface area (TPSA) is 98.3 Å². The Balaban J connectivity index is 0.00000200. The summed E-state index contributed by atoms with van der Waals surface area (Å²) in [7, 11) is 0.